The smallest absolute Gasteiger partial charge is 0.252 e. The Morgan fingerprint density at radius 2 is 2.35 bits per heavy atom. The second kappa shape index (κ2) is 4.91. The van der Waals surface area contributed by atoms with E-state index >= 15 is 0 Å². The van der Waals surface area contributed by atoms with Gasteiger partial charge in [0, 0.05) is 10.2 Å². The minimum Gasteiger partial charge on any atom is -0.399 e. The number of tetrazole rings is 1. The molecule has 0 aliphatic heterocycles. The number of H-pyrrole nitrogens is 1. The van der Waals surface area contributed by atoms with Gasteiger partial charge in [-0.25, -0.2) is 0 Å². The first-order chi connectivity index (χ1) is 8.16. The highest BCUT2D eigenvalue weighted by Gasteiger charge is 2.10. The number of nitrogens with one attached hydrogen (secondary N) is 2. The first kappa shape index (κ1) is 11.5. The molecule has 0 saturated heterocycles. The Labute approximate surface area is 105 Å². The van der Waals surface area contributed by atoms with Crippen molar-refractivity contribution in [1.29, 1.82) is 0 Å². The SMILES string of the molecule is Nc1ccc(Br)c(C(=O)NCc2nn[nH]n2)c1. The van der Waals surface area contributed by atoms with E-state index in [0.717, 1.165) is 0 Å². The van der Waals surface area contributed by atoms with Crippen LogP contribution in [0.2, 0.25) is 0 Å². The van der Waals surface area contributed by atoms with Crippen LogP contribution in [0.3, 0.4) is 0 Å². The molecule has 1 heterocycles. The zero-order valence-corrected chi connectivity index (χ0v) is 10.2. The number of benzene rings is 1. The maximum Gasteiger partial charge on any atom is 0.252 e. The van der Waals surface area contributed by atoms with Crippen molar-refractivity contribution in [1.82, 2.24) is 25.9 Å². The zero-order chi connectivity index (χ0) is 12.3. The third-order valence-corrected chi connectivity index (χ3v) is 2.72. The number of aromatic nitrogens is 4. The Morgan fingerprint density at radius 3 is 3.06 bits per heavy atom. The highest BCUT2D eigenvalue weighted by molar-refractivity contribution is 9.10. The van der Waals surface area contributed by atoms with Crippen molar-refractivity contribution in [3.05, 3.63) is 34.1 Å². The summed E-state index contributed by atoms with van der Waals surface area (Å²) < 4.78 is 0.678. The highest BCUT2D eigenvalue weighted by Crippen LogP contribution is 2.19. The van der Waals surface area contributed by atoms with Crippen LogP contribution in [0.25, 0.3) is 0 Å². The maximum atomic E-state index is 11.8. The lowest BCUT2D eigenvalue weighted by Gasteiger charge is -2.05. The fraction of sp³-hybridized carbons (Fsp3) is 0.111. The molecule has 7 nitrogen and oxygen atoms in total. The number of nitrogens with two attached hydrogens (primary N) is 1. The van der Waals surface area contributed by atoms with Crippen molar-refractivity contribution < 1.29 is 4.79 Å². The lowest BCUT2D eigenvalue weighted by Crippen LogP contribution is -2.24. The average molecular weight is 297 g/mol. The molecule has 0 radical (unpaired) electrons. The van der Waals surface area contributed by atoms with Crippen LogP contribution in [-0.4, -0.2) is 26.5 Å². The summed E-state index contributed by atoms with van der Waals surface area (Å²) >= 11 is 3.28. The van der Waals surface area contributed by atoms with Gasteiger partial charge in [-0.3, -0.25) is 4.79 Å². The van der Waals surface area contributed by atoms with Gasteiger partial charge in [-0.2, -0.15) is 5.21 Å². The summed E-state index contributed by atoms with van der Waals surface area (Å²) in [5.74, 6) is 0.160. The summed E-state index contributed by atoms with van der Waals surface area (Å²) in [4.78, 5) is 11.8. The number of nitrogen functional groups attached to an aromatic ring is 1. The van der Waals surface area contributed by atoms with Gasteiger partial charge >= 0.3 is 0 Å². The monoisotopic (exact) mass is 296 g/mol. The van der Waals surface area contributed by atoms with E-state index in [2.05, 4.69) is 41.9 Å². The fourth-order valence-corrected chi connectivity index (χ4v) is 1.66. The first-order valence-corrected chi connectivity index (χ1v) is 5.51. The number of carbonyl (C=O) groups excluding carboxylic acids is 1. The predicted molar refractivity (Wildman–Crippen MR) is 63.9 cm³/mol. The maximum absolute atomic E-state index is 11.8. The van der Waals surface area contributed by atoms with Crippen LogP contribution in [0, 0.1) is 0 Å². The van der Waals surface area contributed by atoms with Gasteiger partial charge in [-0.1, -0.05) is 5.21 Å². The first-order valence-electron chi connectivity index (χ1n) is 4.72. The van der Waals surface area contributed by atoms with Gasteiger partial charge in [0.15, 0.2) is 5.82 Å². The van der Waals surface area contributed by atoms with E-state index in [9.17, 15) is 4.79 Å². The molecule has 1 aromatic heterocycles. The molecule has 2 aromatic rings. The summed E-state index contributed by atoms with van der Waals surface area (Å²) in [7, 11) is 0. The molecule has 1 aromatic carbocycles. The van der Waals surface area contributed by atoms with E-state index in [1.165, 1.54) is 0 Å². The number of aromatic amines is 1. The number of nitrogens with zero attached hydrogens (tertiary/aromatic N) is 3. The second-order valence-corrected chi connectivity index (χ2v) is 4.10. The molecule has 0 fully saturated rings. The normalized spacial score (nSPS) is 10.2. The van der Waals surface area contributed by atoms with Crippen LogP contribution < -0.4 is 11.1 Å². The number of hydrogen-bond acceptors (Lipinski definition) is 5. The van der Waals surface area contributed by atoms with Gasteiger partial charge in [0.05, 0.1) is 12.1 Å². The van der Waals surface area contributed by atoms with Gasteiger partial charge in [0.1, 0.15) is 0 Å². The van der Waals surface area contributed by atoms with Crippen molar-refractivity contribution in [2.24, 2.45) is 0 Å². The van der Waals surface area contributed by atoms with E-state index < -0.39 is 0 Å². The molecule has 0 saturated carbocycles. The third kappa shape index (κ3) is 2.78. The molecule has 0 spiro atoms. The van der Waals surface area contributed by atoms with E-state index in [1.807, 2.05) is 0 Å². The quantitative estimate of drug-likeness (QED) is 0.714. The molecule has 0 bridgehead atoms. The topological polar surface area (TPSA) is 110 Å². The number of amides is 1. The van der Waals surface area contributed by atoms with Crippen LogP contribution in [0.5, 0.6) is 0 Å². The van der Waals surface area contributed by atoms with Crippen LogP contribution in [0.4, 0.5) is 5.69 Å². The third-order valence-electron chi connectivity index (χ3n) is 2.03. The summed E-state index contributed by atoms with van der Waals surface area (Å²) in [6, 6.07) is 5.02. The van der Waals surface area contributed by atoms with Crippen molar-refractivity contribution in [2.45, 2.75) is 6.54 Å². The van der Waals surface area contributed by atoms with Crippen molar-refractivity contribution in [3.8, 4) is 0 Å². The summed E-state index contributed by atoms with van der Waals surface area (Å²) in [5, 5.41) is 15.8. The van der Waals surface area contributed by atoms with Crippen LogP contribution in [0.15, 0.2) is 22.7 Å². The predicted octanol–water partition coefficient (Wildman–Crippen LogP) is 0.474. The summed E-state index contributed by atoms with van der Waals surface area (Å²) in [6.45, 7) is 0.205. The van der Waals surface area contributed by atoms with E-state index in [-0.39, 0.29) is 12.5 Å². The zero-order valence-electron chi connectivity index (χ0n) is 8.64. The van der Waals surface area contributed by atoms with Gasteiger partial charge in [0.2, 0.25) is 0 Å². The van der Waals surface area contributed by atoms with E-state index in [1.54, 1.807) is 18.2 Å². The minimum atomic E-state index is -0.256. The molecule has 17 heavy (non-hydrogen) atoms. The number of hydrogen-bond donors (Lipinski definition) is 3. The van der Waals surface area contributed by atoms with Gasteiger partial charge < -0.3 is 11.1 Å². The Balaban J connectivity index is 2.07. The minimum absolute atomic E-state index is 0.205. The van der Waals surface area contributed by atoms with E-state index in [4.69, 9.17) is 5.73 Å². The largest absolute Gasteiger partial charge is 0.399 e. The van der Waals surface area contributed by atoms with Gasteiger partial charge in [-0.15, -0.1) is 10.2 Å². The molecule has 0 aliphatic rings. The molecule has 0 unspecified atom stereocenters. The molecular weight excluding hydrogens is 288 g/mol. The number of carbonyl (C=O) groups is 1. The number of rotatable bonds is 3. The number of anilines is 1. The molecular formula is C9H9BrN6O. The standard InChI is InChI=1S/C9H9BrN6O/c10-7-2-1-5(11)3-6(7)9(17)12-4-8-13-15-16-14-8/h1-3H,4,11H2,(H,12,17)(H,13,14,15,16). The Kier molecular flexibility index (Phi) is 3.33. The molecule has 8 heteroatoms. The lowest BCUT2D eigenvalue weighted by atomic mass is 10.2. The Bertz CT molecular complexity index is 526. The lowest BCUT2D eigenvalue weighted by molar-refractivity contribution is 0.0949. The van der Waals surface area contributed by atoms with Crippen molar-refractivity contribution in [2.75, 3.05) is 5.73 Å². The average Bonchev–Trinajstić information content (AvgIpc) is 2.82. The molecule has 0 atom stereocenters. The molecule has 88 valence electrons. The van der Waals surface area contributed by atoms with Gasteiger partial charge in [0.25, 0.3) is 5.91 Å². The van der Waals surface area contributed by atoms with Crippen molar-refractivity contribution >= 4 is 27.5 Å². The molecule has 2 rings (SSSR count). The second-order valence-electron chi connectivity index (χ2n) is 3.25. The van der Waals surface area contributed by atoms with Gasteiger partial charge in [-0.05, 0) is 34.1 Å². The summed E-state index contributed by atoms with van der Waals surface area (Å²) in [5.41, 5.74) is 6.61. The van der Waals surface area contributed by atoms with Crippen molar-refractivity contribution in [3.63, 3.8) is 0 Å². The fourth-order valence-electron chi connectivity index (χ4n) is 1.23. The molecule has 1 amide bonds. The van der Waals surface area contributed by atoms with E-state index in [0.29, 0.717) is 21.5 Å². The Morgan fingerprint density at radius 1 is 1.53 bits per heavy atom. The Hall–Kier alpha value is -1.96. The van der Waals surface area contributed by atoms with Crippen LogP contribution in [0.1, 0.15) is 16.2 Å². The van der Waals surface area contributed by atoms with Crippen LogP contribution >= 0.6 is 15.9 Å². The molecule has 4 N–H and O–H groups in total. The summed E-state index contributed by atoms with van der Waals surface area (Å²) in [6.07, 6.45) is 0. The molecule has 0 aliphatic carbocycles. The highest BCUT2D eigenvalue weighted by atomic mass is 79.9. The van der Waals surface area contributed by atoms with Crippen LogP contribution in [-0.2, 0) is 6.54 Å². The number of halogens is 1.